The first-order valence-corrected chi connectivity index (χ1v) is 3.62. The van der Waals surface area contributed by atoms with Crippen molar-refractivity contribution in [2.24, 2.45) is 5.73 Å². The summed E-state index contributed by atoms with van der Waals surface area (Å²) in [4.78, 5) is 0. The van der Waals surface area contributed by atoms with Gasteiger partial charge in [0.15, 0.2) is 11.6 Å². The first kappa shape index (κ1) is 9.67. The van der Waals surface area contributed by atoms with E-state index in [1.54, 1.807) is 0 Å². The number of nitrogens with two attached hydrogens (primary N) is 1. The molecule has 1 atom stereocenters. The molecule has 0 amide bonds. The van der Waals surface area contributed by atoms with Gasteiger partial charge in [0.1, 0.15) is 5.82 Å². The summed E-state index contributed by atoms with van der Waals surface area (Å²) >= 11 is 0. The normalized spacial score (nSPS) is 12.5. The number of hydrogen-bond donors (Lipinski definition) is 2. The summed E-state index contributed by atoms with van der Waals surface area (Å²) in [6, 6.07) is 0.796. The molecule has 13 heavy (non-hydrogen) atoms. The van der Waals surface area contributed by atoms with Crippen molar-refractivity contribution >= 4 is 0 Å². The van der Waals surface area contributed by atoms with Gasteiger partial charge in [0.2, 0.25) is 0 Å². The van der Waals surface area contributed by atoms with E-state index in [2.05, 4.69) is 6.58 Å². The van der Waals surface area contributed by atoms with Crippen LogP contribution in [0.15, 0.2) is 24.8 Å². The number of benzene rings is 1. The molecule has 0 spiro atoms. The maximum absolute atomic E-state index is 12.8. The monoisotopic (exact) mass is 185 g/mol. The van der Waals surface area contributed by atoms with E-state index in [1.807, 2.05) is 0 Å². The van der Waals surface area contributed by atoms with Crippen molar-refractivity contribution in [3.8, 4) is 5.75 Å². The van der Waals surface area contributed by atoms with Crippen LogP contribution in [-0.4, -0.2) is 5.11 Å². The zero-order chi connectivity index (χ0) is 10.0. The topological polar surface area (TPSA) is 46.2 Å². The van der Waals surface area contributed by atoms with Crippen LogP contribution in [0.1, 0.15) is 11.6 Å². The van der Waals surface area contributed by atoms with Crippen molar-refractivity contribution in [1.29, 1.82) is 0 Å². The van der Waals surface area contributed by atoms with E-state index in [0.717, 1.165) is 6.07 Å². The van der Waals surface area contributed by atoms with Crippen LogP contribution < -0.4 is 5.73 Å². The van der Waals surface area contributed by atoms with Crippen molar-refractivity contribution in [2.45, 2.75) is 6.04 Å². The molecule has 0 radical (unpaired) electrons. The first-order chi connectivity index (χ1) is 6.06. The number of halogens is 2. The third-order valence-corrected chi connectivity index (χ3v) is 1.67. The van der Waals surface area contributed by atoms with Gasteiger partial charge in [-0.15, -0.1) is 6.58 Å². The molecule has 0 aliphatic rings. The predicted octanol–water partition coefficient (Wildman–Crippen LogP) is 1.86. The van der Waals surface area contributed by atoms with Crippen molar-refractivity contribution in [3.05, 3.63) is 42.0 Å². The molecule has 0 bridgehead atoms. The quantitative estimate of drug-likeness (QED) is 0.691. The summed E-state index contributed by atoms with van der Waals surface area (Å²) in [7, 11) is 0. The third-order valence-electron chi connectivity index (χ3n) is 1.67. The van der Waals surface area contributed by atoms with Gasteiger partial charge in [-0.2, -0.15) is 0 Å². The standard InChI is InChI=1S/C9H9F2NO/c1-2-8(12)6-3-5(10)4-7(11)9(6)13/h2-4,8,13H,1,12H2/t8-/m1/s1. The Balaban J connectivity index is 3.27. The molecule has 0 aliphatic heterocycles. The van der Waals surface area contributed by atoms with Gasteiger partial charge in [0, 0.05) is 11.6 Å². The zero-order valence-corrected chi connectivity index (χ0v) is 6.80. The first-order valence-electron chi connectivity index (χ1n) is 3.62. The molecule has 1 aromatic rings. The van der Waals surface area contributed by atoms with Crippen LogP contribution in [-0.2, 0) is 0 Å². The molecule has 0 aromatic heterocycles. The highest BCUT2D eigenvalue weighted by atomic mass is 19.1. The van der Waals surface area contributed by atoms with Crippen molar-refractivity contribution in [1.82, 2.24) is 0 Å². The summed E-state index contributed by atoms with van der Waals surface area (Å²) in [6.45, 7) is 3.36. The average molecular weight is 185 g/mol. The Hall–Kier alpha value is -1.42. The largest absolute Gasteiger partial charge is 0.505 e. The van der Waals surface area contributed by atoms with Gasteiger partial charge in [-0.05, 0) is 6.07 Å². The van der Waals surface area contributed by atoms with E-state index in [1.165, 1.54) is 6.08 Å². The maximum Gasteiger partial charge on any atom is 0.168 e. The van der Waals surface area contributed by atoms with E-state index in [0.29, 0.717) is 6.07 Å². The van der Waals surface area contributed by atoms with E-state index < -0.39 is 23.4 Å². The predicted molar refractivity (Wildman–Crippen MR) is 45.1 cm³/mol. The molecule has 0 fully saturated rings. The average Bonchev–Trinajstić information content (AvgIpc) is 2.10. The van der Waals surface area contributed by atoms with E-state index in [9.17, 15) is 8.78 Å². The minimum Gasteiger partial charge on any atom is -0.505 e. The molecule has 2 nitrogen and oxygen atoms in total. The molecule has 4 heteroatoms. The maximum atomic E-state index is 12.8. The SMILES string of the molecule is C=C[C@@H](N)c1cc(F)cc(F)c1O. The summed E-state index contributed by atoms with van der Waals surface area (Å²) in [5.41, 5.74) is 5.41. The molecular formula is C9H9F2NO. The summed E-state index contributed by atoms with van der Waals surface area (Å²) in [5, 5.41) is 9.15. The Bertz CT molecular complexity index is 339. The highest BCUT2D eigenvalue weighted by Crippen LogP contribution is 2.27. The van der Waals surface area contributed by atoms with Crippen LogP contribution in [0.4, 0.5) is 8.78 Å². The number of phenols is 1. The summed E-state index contributed by atoms with van der Waals surface area (Å²) in [6.07, 6.45) is 1.29. The van der Waals surface area contributed by atoms with Crippen molar-refractivity contribution in [2.75, 3.05) is 0 Å². The zero-order valence-electron chi connectivity index (χ0n) is 6.80. The lowest BCUT2D eigenvalue weighted by molar-refractivity contribution is 0.419. The second kappa shape index (κ2) is 3.53. The highest BCUT2D eigenvalue weighted by molar-refractivity contribution is 5.38. The van der Waals surface area contributed by atoms with E-state index >= 15 is 0 Å². The van der Waals surface area contributed by atoms with E-state index in [4.69, 9.17) is 10.8 Å². The number of hydrogen-bond acceptors (Lipinski definition) is 2. The molecule has 1 aromatic carbocycles. The Kier molecular flexibility index (Phi) is 2.63. The molecule has 0 unspecified atom stereocenters. The van der Waals surface area contributed by atoms with Gasteiger partial charge in [-0.1, -0.05) is 6.08 Å². The van der Waals surface area contributed by atoms with Gasteiger partial charge in [0.25, 0.3) is 0 Å². The fourth-order valence-corrected chi connectivity index (χ4v) is 0.967. The lowest BCUT2D eigenvalue weighted by atomic mass is 10.1. The molecule has 0 saturated heterocycles. The second-order valence-electron chi connectivity index (χ2n) is 2.59. The Morgan fingerprint density at radius 3 is 2.62 bits per heavy atom. The molecule has 0 heterocycles. The van der Waals surface area contributed by atoms with Crippen molar-refractivity contribution in [3.63, 3.8) is 0 Å². The third kappa shape index (κ3) is 1.84. The number of aromatic hydroxyl groups is 1. The summed E-state index contributed by atoms with van der Waals surface area (Å²) < 4.78 is 25.4. The molecular weight excluding hydrogens is 176 g/mol. The lowest BCUT2D eigenvalue weighted by Crippen LogP contribution is -2.07. The number of rotatable bonds is 2. The molecule has 1 rings (SSSR count). The Labute approximate surface area is 74.3 Å². The Morgan fingerprint density at radius 1 is 1.46 bits per heavy atom. The van der Waals surface area contributed by atoms with Crippen LogP contribution in [0, 0.1) is 11.6 Å². The fourth-order valence-electron chi connectivity index (χ4n) is 0.967. The van der Waals surface area contributed by atoms with Crippen molar-refractivity contribution < 1.29 is 13.9 Å². The summed E-state index contributed by atoms with van der Waals surface area (Å²) in [5.74, 6) is -2.43. The molecule has 3 N–H and O–H groups in total. The molecule has 70 valence electrons. The van der Waals surface area contributed by atoms with Crippen LogP contribution >= 0.6 is 0 Å². The molecule has 0 aliphatic carbocycles. The highest BCUT2D eigenvalue weighted by Gasteiger charge is 2.13. The Morgan fingerprint density at radius 2 is 2.08 bits per heavy atom. The lowest BCUT2D eigenvalue weighted by Gasteiger charge is -2.09. The minimum atomic E-state index is -1.02. The van der Waals surface area contributed by atoms with Gasteiger partial charge in [-0.3, -0.25) is 0 Å². The number of phenolic OH excluding ortho intramolecular Hbond substituents is 1. The van der Waals surface area contributed by atoms with Gasteiger partial charge in [-0.25, -0.2) is 8.78 Å². The van der Waals surface area contributed by atoms with E-state index in [-0.39, 0.29) is 5.56 Å². The minimum absolute atomic E-state index is 0.00694. The van der Waals surface area contributed by atoms with Crippen LogP contribution in [0.2, 0.25) is 0 Å². The smallest absolute Gasteiger partial charge is 0.168 e. The fraction of sp³-hybridized carbons (Fsp3) is 0.111. The van der Waals surface area contributed by atoms with Crippen LogP contribution in [0.25, 0.3) is 0 Å². The van der Waals surface area contributed by atoms with Crippen LogP contribution in [0.5, 0.6) is 5.75 Å². The van der Waals surface area contributed by atoms with Gasteiger partial charge >= 0.3 is 0 Å². The van der Waals surface area contributed by atoms with Gasteiger partial charge < -0.3 is 10.8 Å². The molecule has 0 saturated carbocycles. The second-order valence-corrected chi connectivity index (χ2v) is 2.59. The van der Waals surface area contributed by atoms with Crippen LogP contribution in [0.3, 0.4) is 0 Å². The van der Waals surface area contributed by atoms with Gasteiger partial charge in [0.05, 0.1) is 6.04 Å².